The molecular formula is C19H23F2N3. The van der Waals surface area contributed by atoms with Gasteiger partial charge in [0.1, 0.15) is 0 Å². The minimum absolute atomic E-state index is 0.681. The molecule has 0 N–H and O–H groups in total. The van der Waals surface area contributed by atoms with Crippen LogP contribution in [0.5, 0.6) is 0 Å². The summed E-state index contributed by atoms with van der Waals surface area (Å²) in [6, 6.07) is 8.27. The second-order valence-electron chi connectivity index (χ2n) is 6.33. The molecule has 0 atom stereocenters. The van der Waals surface area contributed by atoms with Crippen molar-refractivity contribution in [1.82, 2.24) is 14.8 Å². The smallest absolute Gasteiger partial charge is 0.159 e. The van der Waals surface area contributed by atoms with Gasteiger partial charge in [-0.1, -0.05) is 12.1 Å². The lowest BCUT2D eigenvalue weighted by molar-refractivity contribution is 0.126. The number of piperazine rings is 1. The van der Waals surface area contributed by atoms with E-state index in [1.54, 1.807) is 12.3 Å². The Kier molecular flexibility index (Phi) is 5.88. The van der Waals surface area contributed by atoms with Crippen LogP contribution in [0.3, 0.4) is 0 Å². The van der Waals surface area contributed by atoms with Gasteiger partial charge in [0.25, 0.3) is 0 Å². The van der Waals surface area contributed by atoms with Crippen LogP contribution in [0, 0.1) is 11.6 Å². The molecule has 2 aromatic rings. The quantitative estimate of drug-likeness (QED) is 0.811. The molecule has 1 fully saturated rings. The lowest BCUT2D eigenvalue weighted by Gasteiger charge is -2.34. The number of pyridine rings is 1. The van der Waals surface area contributed by atoms with Crippen molar-refractivity contribution in [2.24, 2.45) is 0 Å². The molecule has 0 saturated carbocycles. The Morgan fingerprint density at radius 1 is 0.917 bits per heavy atom. The maximum Gasteiger partial charge on any atom is 0.159 e. The number of aryl methyl sites for hydroxylation is 1. The summed E-state index contributed by atoms with van der Waals surface area (Å²) in [5, 5.41) is 0. The third kappa shape index (κ3) is 4.82. The van der Waals surface area contributed by atoms with Gasteiger partial charge in [0.05, 0.1) is 0 Å². The zero-order valence-corrected chi connectivity index (χ0v) is 13.8. The van der Waals surface area contributed by atoms with E-state index in [2.05, 4.69) is 20.9 Å². The van der Waals surface area contributed by atoms with Crippen LogP contribution in [-0.4, -0.2) is 47.5 Å². The molecule has 3 rings (SSSR count). The van der Waals surface area contributed by atoms with E-state index in [1.807, 2.05) is 12.3 Å². The summed E-state index contributed by atoms with van der Waals surface area (Å²) >= 11 is 0. The molecule has 0 amide bonds. The molecule has 0 radical (unpaired) electrons. The number of benzene rings is 1. The molecule has 3 nitrogen and oxygen atoms in total. The molecule has 2 heterocycles. The van der Waals surface area contributed by atoms with Crippen LogP contribution in [0.25, 0.3) is 0 Å². The van der Waals surface area contributed by atoms with E-state index in [0.717, 1.165) is 51.1 Å². The molecule has 0 aliphatic carbocycles. The number of hydrogen-bond donors (Lipinski definition) is 0. The molecule has 1 aliphatic heterocycles. The fraction of sp³-hybridized carbons (Fsp3) is 0.421. The van der Waals surface area contributed by atoms with Gasteiger partial charge in [-0.3, -0.25) is 9.88 Å². The maximum absolute atomic E-state index is 13.3. The lowest BCUT2D eigenvalue weighted by atomic mass is 10.1. The van der Waals surface area contributed by atoms with Crippen molar-refractivity contribution < 1.29 is 8.78 Å². The SMILES string of the molecule is Fc1ccc(CN2CCN(CCCc3cccnc3)CC2)cc1F. The van der Waals surface area contributed by atoms with Gasteiger partial charge in [0.2, 0.25) is 0 Å². The zero-order valence-electron chi connectivity index (χ0n) is 13.8. The third-order valence-electron chi connectivity index (χ3n) is 4.52. The molecule has 0 unspecified atom stereocenters. The van der Waals surface area contributed by atoms with Crippen LogP contribution < -0.4 is 0 Å². The number of halogens is 2. The Balaban J connectivity index is 1.38. The first kappa shape index (κ1) is 17.0. The Labute approximate surface area is 141 Å². The Bertz CT molecular complexity index is 640. The minimum atomic E-state index is -0.780. The summed E-state index contributed by atoms with van der Waals surface area (Å²) in [6.07, 6.45) is 5.92. The van der Waals surface area contributed by atoms with Gasteiger partial charge in [-0.2, -0.15) is 0 Å². The van der Waals surface area contributed by atoms with E-state index >= 15 is 0 Å². The average Bonchev–Trinajstić information content (AvgIpc) is 2.61. The lowest BCUT2D eigenvalue weighted by Crippen LogP contribution is -2.46. The highest BCUT2D eigenvalue weighted by atomic mass is 19.2. The van der Waals surface area contributed by atoms with Crippen LogP contribution >= 0.6 is 0 Å². The largest absolute Gasteiger partial charge is 0.301 e. The maximum atomic E-state index is 13.3. The number of rotatable bonds is 6. The molecule has 0 bridgehead atoms. The van der Waals surface area contributed by atoms with Crippen LogP contribution in [0.1, 0.15) is 17.5 Å². The van der Waals surface area contributed by atoms with Crippen molar-refractivity contribution in [2.45, 2.75) is 19.4 Å². The van der Waals surface area contributed by atoms with E-state index < -0.39 is 11.6 Å². The fourth-order valence-corrected chi connectivity index (χ4v) is 3.12. The summed E-state index contributed by atoms with van der Waals surface area (Å²) in [4.78, 5) is 8.91. The Morgan fingerprint density at radius 2 is 1.71 bits per heavy atom. The molecule has 128 valence electrons. The second-order valence-corrected chi connectivity index (χ2v) is 6.33. The highest BCUT2D eigenvalue weighted by Crippen LogP contribution is 2.13. The first-order valence-corrected chi connectivity index (χ1v) is 8.48. The van der Waals surface area contributed by atoms with Crippen molar-refractivity contribution in [3.05, 3.63) is 65.5 Å². The van der Waals surface area contributed by atoms with Gasteiger partial charge < -0.3 is 4.90 Å². The van der Waals surface area contributed by atoms with Gasteiger partial charge in [-0.15, -0.1) is 0 Å². The van der Waals surface area contributed by atoms with E-state index in [-0.39, 0.29) is 0 Å². The molecule has 1 aromatic heterocycles. The summed E-state index contributed by atoms with van der Waals surface area (Å²) in [5.41, 5.74) is 2.12. The van der Waals surface area contributed by atoms with Crippen molar-refractivity contribution in [2.75, 3.05) is 32.7 Å². The third-order valence-corrected chi connectivity index (χ3v) is 4.52. The van der Waals surface area contributed by atoms with E-state index in [4.69, 9.17) is 0 Å². The van der Waals surface area contributed by atoms with Crippen LogP contribution in [-0.2, 0) is 13.0 Å². The van der Waals surface area contributed by atoms with Crippen molar-refractivity contribution >= 4 is 0 Å². The van der Waals surface area contributed by atoms with Crippen molar-refractivity contribution in [3.8, 4) is 0 Å². The summed E-state index contributed by atoms with van der Waals surface area (Å²) in [7, 11) is 0. The fourth-order valence-electron chi connectivity index (χ4n) is 3.12. The van der Waals surface area contributed by atoms with Gasteiger partial charge >= 0.3 is 0 Å². The van der Waals surface area contributed by atoms with E-state index in [9.17, 15) is 8.78 Å². The molecule has 5 heteroatoms. The molecule has 0 spiro atoms. The summed E-state index contributed by atoms with van der Waals surface area (Å²) in [5.74, 6) is -1.54. The first-order valence-electron chi connectivity index (χ1n) is 8.48. The highest BCUT2D eigenvalue weighted by molar-refractivity contribution is 5.17. The second kappa shape index (κ2) is 8.31. The number of hydrogen-bond acceptors (Lipinski definition) is 3. The standard InChI is InChI=1S/C19H23F2N3/c20-18-6-5-17(13-19(18)21)15-24-11-9-23(10-12-24)8-2-4-16-3-1-7-22-14-16/h1,3,5-7,13-14H,2,4,8-12,15H2. The topological polar surface area (TPSA) is 19.4 Å². The minimum Gasteiger partial charge on any atom is -0.301 e. The van der Waals surface area contributed by atoms with E-state index in [1.165, 1.54) is 17.7 Å². The predicted molar refractivity (Wildman–Crippen MR) is 90.6 cm³/mol. The first-order chi connectivity index (χ1) is 11.7. The van der Waals surface area contributed by atoms with Crippen molar-refractivity contribution in [3.63, 3.8) is 0 Å². The normalized spacial score (nSPS) is 16.4. The summed E-state index contributed by atoms with van der Waals surface area (Å²) < 4.78 is 26.2. The number of nitrogens with zero attached hydrogens (tertiary/aromatic N) is 3. The van der Waals surface area contributed by atoms with E-state index in [0.29, 0.717) is 6.54 Å². The number of aromatic nitrogens is 1. The predicted octanol–water partition coefficient (Wildman–Crippen LogP) is 3.11. The molecule has 24 heavy (non-hydrogen) atoms. The summed E-state index contributed by atoms with van der Waals surface area (Å²) in [6.45, 7) is 5.75. The highest BCUT2D eigenvalue weighted by Gasteiger charge is 2.17. The molecule has 1 aliphatic rings. The van der Waals surface area contributed by atoms with Crippen LogP contribution in [0.15, 0.2) is 42.7 Å². The Hall–Kier alpha value is -1.85. The molecule has 1 aromatic carbocycles. The molecular weight excluding hydrogens is 308 g/mol. The molecule has 1 saturated heterocycles. The van der Waals surface area contributed by atoms with Gasteiger partial charge in [-0.05, 0) is 48.7 Å². The zero-order chi connectivity index (χ0) is 16.8. The monoisotopic (exact) mass is 331 g/mol. The average molecular weight is 331 g/mol. The van der Waals surface area contributed by atoms with Crippen LogP contribution in [0.2, 0.25) is 0 Å². The van der Waals surface area contributed by atoms with Crippen LogP contribution in [0.4, 0.5) is 8.78 Å². The van der Waals surface area contributed by atoms with Gasteiger partial charge in [0, 0.05) is 45.1 Å². The van der Waals surface area contributed by atoms with Crippen molar-refractivity contribution in [1.29, 1.82) is 0 Å². The van der Waals surface area contributed by atoms with Gasteiger partial charge in [-0.25, -0.2) is 8.78 Å². The Morgan fingerprint density at radius 3 is 2.42 bits per heavy atom. The van der Waals surface area contributed by atoms with Gasteiger partial charge in [0.15, 0.2) is 11.6 Å².